The van der Waals surface area contributed by atoms with E-state index in [9.17, 15) is 9.90 Å². The van der Waals surface area contributed by atoms with E-state index in [1.807, 2.05) is 20.8 Å². The van der Waals surface area contributed by atoms with Gasteiger partial charge < -0.3 is 25.8 Å². The number of thiocarbonyl (C=S) groups is 1. The van der Waals surface area contributed by atoms with E-state index < -0.39 is 11.7 Å². The molecule has 1 saturated carbocycles. The first kappa shape index (κ1) is 18.0. The average Bonchev–Trinajstić information content (AvgIpc) is 2.35. The number of ether oxygens (including phenoxy) is 1. The summed E-state index contributed by atoms with van der Waals surface area (Å²) >= 11 is 5.20. The fraction of sp³-hybridized carbons (Fsp3) is 0.857. The van der Waals surface area contributed by atoms with E-state index in [1.54, 1.807) is 0 Å². The molecule has 7 heteroatoms. The van der Waals surface area contributed by atoms with Crippen LogP contribution in [0.3, 0.4) is 0 Å². The van der Waals surface area contributed by atoms with E-state index in [0.29, 0.717) is 24.2 Å². The monoisotopic (exact) mass is 317 g/mol. The Morgan fingerprint density at radius 1 is 1.19 bits per heavy atom. The van der Waals surface area contributed by atoms with E-state index in [4.69, 9.17) is 17.0 Å². The van der Waals surface area contributed by atoms with E-state index >= 15 is 0 Å². The van der Waals surface area contributed by atoms with Gasteiger partial charge in [0, 0.05) is 19.1 Å². The van der Waals surface area contributed by atoms with Gasteiger partial charge >= 0.3 is 6.09 Å². The highest BCUT2D eigenvalue weighted by atomic mass is 32.1. The summed E-state index contributed by atoms with van der Waals surface area (Å²) in [4.78, 5) is 11.4. The largest absolute Gasteiger partial charge is 0.444 e. The molecule has 0 aromatic heterocycles. The van der Waals surface area contributed by atoms with Crippen molar-refractivity contribution in [1.29, 1.82) is 0 Å². The van der Waals surface area contributed by atoms with Gasteiger partial charge in [-0.1, -0.05) is 0 Å². The Morgan fingerprint density at radius 2 is 1.76 bits per heavy atom. The number of alkyl carbamates (subject to hydrolysis) is 1. The maximum atomic E-state index is 11.4. The number of nitrogens with one attached hydrogen (secondary N) is 3. The average molecular weight is 317 g/mol. The van der Waals surface area contributed by atoms with Gasteiger partial charge in [-0.25, -0.2) is 4.79 Å². The van der Waals surface area contributed by atoms with Gasteiger partial charge in [0.05, 0.1) is 6.10 Å². The lowest BCUT2D eigenvalue weighted by molar-refractivity contribution is 0.0529. The van der Waals surface area contributed by atoms with Gasteiger partial charge in [0.25, 0.3) is 0 Å². The number of carbonyl (C=O) groups excluding carboxylic acids is 1. The molecule has 1 fully saturated rings. The summed E-state index contributed by atoms with van der Waals surface area (Å²) in [6.45, 7) is 6.46. The zero-order valence-corrected chi connectivity index (χ0v) is 13.9. The van der Waals surface area contributed by atoms with Crippen molar-refractivity contribution in [2.45, 2.75) is 64.2 Å². The van der Waals surface area contributed by atoms with Crippen LogP contribution < -0.4 is 16.0 Å². The molecule has 0 aromatic rings. The molecular formula is C14H27N3O3S. The Balaban J connectivity index is 2.07. The van der Waals surface area contributed by atoms with Crippen molar-refractivity contribution in [3.8, 4) is 0 Å². The van der Waals surface area contributed by atoms with Crippen LogP contribution in [0.25, 0.3) is 0 Å². The van der Waals surface area contributed by atoms with Crippen LogP contribution in [-0.2, 0) is 4.74 Å². The second kappa shape index (κ2) is 8.38. The Morgan fingerprint density at radius 3 is 2.33 bits per heavy atom. The van der Waals surface area contributed by atoms with Crippen LogP contribution in [0.5, 0.6) is 0 Å². The van der Waals surface area contributed by atoms with Gasteiger partial charge in [-0.15, -0.1) is 0 Å². The molecule has 0 aliphatic heterocycles. The molecule has 1 aliphatic rings. The first-order valence-corrected chi connectivity index (χ1v) is 7.86. The molecule has 1 amide bonds. The maximum Gasteiger partial charge on any atom is 0.407 e. The lowest BCUT2D eigenvalue weighted by atomic mass is 9.93. The van der Waals surface area contributed by atoms with Gasteiger partial charge in [-0.3, -0.25) is 0 Å². The number of rotatable bonds is 4. The van der Waals surface area contributed by atoms with Crippen LogP contribution in [0.4, 0.5) is 4.79 Å². The van der Waals surface area contributed by atoms with Gasteiger partial charge in [-0.05, 0) is 58.7 Å². The van der Waals surface area contributed by atoms with Crippen molar-refractivity contribution >= 4 is 23.4 Å². The molecule has 0 bridgehead atoms. The molecule has 0 radical (unpaired) electrons. The van der Waals surface area contributed by atoms with Crippen molar-refractivity contribution < 1.29 is 14.6 Å². The summed E-state index contributed by atoms with van der Waals surface area (Å²) in [5.41, 5.74) is -0.486. The molecule has 4 N–H and O–H groups in total. The maximum absolute atomic E-state index is 11.4. The zero-order valence-electron chi connectivity index (χ0n) is 13.1. The highest BCUT2D eigenvalue weighted by Crippen LogP contribution is 2.17. The molecular weight excluding hydrogens is 290 g/mol. The third-order valence-corrected chi connectivity index (χ3v) is 3.37. The molecule has 6 nitrogen and oxygen atoms in total. The first-order valence-electron chi connectivity index (χ1n) is 7.45. The Kier molecular flexibility index (Phi) is 7.17. The van der Waals surface area contributed by atoms with Crippen LogP contribution in [0.15, 0.2) is 0 Å². The van der Waals surface area contributed by atoms with Crippen molar-refractivity contribution in [1.82, 2.24) is 16.0 Å². The minimum Gasteiger partial charge on any atom is -0.444 e. The Labute approximate surface area is 132 Å². The number of hydrogen-bond acceptors (Lipinski definition) is 4. The summed E-state index contributed by atoms with van der Waals surface area (Å²) in [6, 6.07) is 0.326. The fourth-order valence-electron chi connectivity index (χ4n) is 2.11. The van der Waals surface area contributed by atoms with Crippen molar-refractivity contribution in [2.24, 2.45) is 0 Å². The molecule has 0 heterocycles. The number of aliphatic hydroxyl groups is 1. The fourth-order valence-corrected chi connectivity index (χ4v) is 2.38. The van der Waals surface area contributed by atoms with Gasteiger partial charge in [0.2, 0.25) is 0 Å². The quantitative estimate of drug-likeness (QED) is 0.462. The zero-order chi connectivity index (χ0) is 15.9. The first-order chi connectivity index (χ1) is 9.76. The van der Waals surface area contributed by atoms with Crippen LogP contribution in [0.2, 0.25) is 0 Å². The smallest absolute Gasteiger partial charge is 0.407 e. The second-order valence-corrected chi connectivity index (χ2v) is 6.74. The van der Waals surface area contributed by atoms with Crippen LogP contribution in [-0.4, -0.2) is 47.1 Å². The van der Waals surface area contributed by atoms with E-state index in [2.05, 4.69) is 16.0 Å². The molecule has 1 rings (SSSR count). The number of amides is 1. The summed E-state index contributed by atoms with van der Waals surface area (Å²) < 4.78 is 5.13. The molecule has 21 heavy (non-hydrogen) atoms. The molecule has 0 atom stereocenters. The normalized spacial score (nSPS) is 22.3. The molecule has 0 unspecified atom stereocenters. The molecule has 0 spiro atoms. The third-order valence-electron chi connectivity index (χ3n) is 3.11. The van der Waals surface area contributed by atoms with Gasteiger partial charge in [-0.2, -0.15) is 0 Å². The molecule has 0 aromatic carbocycles. The van der Waals surface area contributed by atoms with E-state index in [1.165, 1.54) is 0 Å². The SMILES string of the molecule is CC(C)(C)OC(=O)NCCNC(=S)NC1CCC(O)CC1. The minimum atomic E-state index is -0.486. The predicted octanol–water partition coefficient (Wildman–Crippen LogP) is 1.28. The topological polar surface area (TPSA) is 82.6 Å². The number of carbonyl (C=O) groups is 1. The lowest BCUT2D eigenvalue weighted by Gasteiger charge is -2.27. The Hall–Kier alpha value is -1.08. The highest BCUT2D eigenvalue weighted by molar-refractivity contribution is 7.80. The van der Waals surface area contributed by atoms with Crippen molar-refractivity contribution in [3.63, 3.8) is 0 Å². The summed E-state index contributed by atoms with van der Waals surface area (Å²) in [6.07, 6.45) is 2.91. The minimum absolute atomic E-state index is 0.164. The van der Waals surface area contributed by atoms with E-state index in [0.717, 1.165) is 25.7 Å². The Bertz CT molecular complexity index is 350. The van der Waals surface area contributed by atoms with Crippen LogP contribution >= 0.6 is 12.2 Å². The summed E-state index contributed by atoms with van der Waals surface area (Å²) in [7, 11) is 0. The van der Waals surface area contributed by atoms with Crippen LogP contribution in [0.1, 0.15) is 46.5 Å². The summed E-state index contributed by atoms with van der Waals surface area (Å²) in [5.74, 6) is 0. The number of hydrogen-bond donors (Lipinski definition) is 4. The summed E-state index contributed by atoms with van der Waals surface area (Å²) in [5, 5.41) is 19.0. The van der Waals surface area contributed by atoms with E-state index in [-0.39, 0.29) is 6.10 Å². The second-order valence-electron chi connectivity index (χ2n) is 6.33. The van der Waals surface area contributed by atoms with Gasteiger partial charge in [0.15, 0.2) is 5.11 Å². The molecule has 122 valence electrons. The van der Waals surface area contributed by atoms with Gasteiger partial charge in [0.1, 0.15) is 5.60 Å². The van der Waals surface area contributed by atoms with Crippen molar-refractivity contribution in [3.05, 3.63) is 0 Å². The third kappa shape index (κ3) is 8.72. The highest BCUT2D eigenvalue weighted by Gasteiger charge is 2.19. The predicted molar refractivity (Wildman–Crippen MR) is 86.2 cm³/mol. The lowest BCUT2D eigenvalue weighted by Crippen LogP contribution is -2.46. The van der Waals surface area contributed by atoms with Crippen molar-refractivity contribution in [2.75, 3.05) is 13.1 Å². The standard InChI is InChI=1S/C14H27N3O3S/c1-14(2,3)20-13(19)16-9-8-15-12(21)17-10-4-6-11(18)7-5-10/h10-11,18H,4-9H2,1-3H3,(H,16,19)(H2,15,17,21). The molecule has 1 aliphatic carbocycles. The number of aliphatic hydroxyl groups excluding tert-OH is 1. The molecule has 0 saturated heterocycles. The van der Waals surface area contributed by atoms with Crippen LogP contribution in [0, 0.1) is 0 Å².